The van der Waals surface area contributed by atoms with E-state index in [0.29, 0.717) is 11.1 Å². The number of halogens is 1. The highest BCUT2D eigenvalue weighted by molar-refractivity contribution is 7.59. The minimum Gasteiger partial charge on any atom is -0.390 e. The fourth-order valence-corrected chi connectivity index (χ4v) is 1.40. The maximum absolute atomic E-state index is 11.7. The van der Waals surface area contributed by atoms with Gasteiger partial charge in [-0.1, -0.05) is 6.07 Å². The number of aliphatic hydroxyl groups is 1. The molecule has 0 spiro atoms. The molecule has 0 bridgehead atoms. The summed E-state index contributed by atoms with van der Waals surface area (Å²) in [6, 6.07) is 5.06. The van der Waals surface area contributed by atoms with Crippen molar-refractivity contribution in [2.24, 2.45) is 0 Å². The van der Waals surface area contributed by atoms with Crippen molar-refractivity contribution in [3.63, 3.8) is 0 Å². The smallest absolute Gasteiger partial charge is 0.124 e. The average molecular weight is 189 g/mol. The molecule has 0 aromatic carbocycles. The topological polar surface area (TPSA) is 42.4 Å². The Bertz CT molecular complexity index is 259. The fraction of sp³-hybridized carbons (Fsp3) is 0.286. The van der Waals surface area contributed by atoms with Crippen molar-refractivity contribution < 1.29 is 14.4 Å². The molecule has 0 saturated carbocycles. The van der Waals surface area contributed by atoms with Crippen molar-refractivity contribution in [3.8, 4) is 0 Å². The van der Waals surface area contributed by atoms with Crippen molar-refractivity contribution in [3.05, 3.63) is 23.9 Å². The predicted octanol–water partition coefficient (Wildman–Crippen LogP) is 1.13. The number of nitrogens with zero attached hydrogens (tertiary/aromatic N) is 1. The molecular formula is C7H9FNO2P. The normalized spacial score (nSPS) is 12.9. The minimum absolute atomic E-state index is 0.136. The van der Waals surface area contributed by atoms with E-state index in [2.05, 4.69) is 9.71 Å². The summed E-state index contributed by atoms with van der Waals surface area (Å²) in [5, 5.41) is 8.73. The summed E-state index contributed by atoms with van der Waals surface area (Å²) in [4.78, 5) is 3.98. The van der Waals surface area contributed by atoms with E-state index in [-0.39, 0.29) is 6.61 Å². The maximum Gasteiger partial charge on any atom is 0.124 e. The zero-order valence-corrected chi connectivity index (χ0v) is 7.46. The van der Waals surface area contributed by atoms with E-state index in [0.717, 1.165) is 0 Å². The standard InChI is InChI=1S/C7H9FNO2P/c1-12(11-8)7-4-2-3-6(5-10)9-7/h2-4,10H,5H2,1H3. The second-order valence-corrected chi connectivity index (χ2v) is 3.80. The molecule has 0 radical (unpaired) electrons. The Kier molecular flexibility index (Phi) is 3.53. The third-order valence-electron chi connectivity index (χ3n) is 1.38. The lowest BCUT2D eigenvalue weighted by Crippen LogP contribution is -2.08. The summed E-state index contributed by atoms with van der Waals surface area (Å²) in [6.07, 6.45) is 0. The van der Waals surface area contributed by atoms with E-state index in [9.17, 15) is 4.53 Å². The number of hydrogen-bond acceptors (Lipinski definition) is 3. The van der Waals surface area contributed by atoms with Crippen LogP contribution in [0.2, 0.25) is 0 Å². The molecule has 12 heavy (non-hydrogen) atoms. The average Bonchev–Trinajstić information content (AvgIpc) is 2.17. The van der Waals surface area contributed by atoms with E-state index >= 15 is 0 Å². The fourth-order valence-electron chi connectivity index (χ4n) is 0.766. The number of hydrogen-bond donors (Lipinski definition) is 1. The molecule has 1 rings (SSSR count). The Balaban J connectivity index is 2.86. The van der Waals surface area contributed by atoms with Crippen LogP contribution in [-0.4, -0.2) is 16.8 Å². The highest BCUT2D eigenvalue weighted by atomic mass is 31.1. The van der Waals surface area contributed by atoms with Gasteiger partial charge in [0.15, 0.2) is 0 Å². The van der Waals surface area contributed by atoms with Gasteiger partial charge in [-0.25, -0.2) is 4.98 Å². The van der Waals surface area contributed by atoms with Crippen LogP contribution < -0.4 is 5.44 Å². The highest BCUT2D eigenvalue weighted by Crippen LogP contribution is 2.29. The van der Waals surface area contributed by atoms with Gasteiger partial charge in [-0.15, -0.1) is 0 Å². The molecular weight excluding hydrogens is 180 g/mol. The summed E-state index contributed by atoms with van der Waals surface area (Å²) in [5.74, 6) is 0. The molecule has 66 valence electrons. The lowest BCUT2D eigenvalue weighted by Gasteiger charge is -2.04. The van der Waals surface area contributed by atoms with Gasteiger partial charge in [0.1, 0.15) is 8.15 Å². The van der Waals surface area contributed by atoms with E-state index in [4.69, 9.17) is 5.11 Å². The van der Waals surface area contributed by atoms with E-state index in [1.165, 1.54) is 0 Å². The van der Waals surface area contributed by atoms with Crippen LogP contribution >= 0.6 is 8.15 Å². The summed E-state index contributed by atoms with van der Waals surface area (Å²) >= 11 is 0. The number of aromatic nitrogens is 1. The molecule has 0 aliphatic heterocycles. The first kappa shape index (κ1) is 9.52. The molecule has 0 amide bonds. The monoisotopic (exact) mass is 189 g/mol. The molecule has 3 nitrogen and oxygen atoms in total. The van der Waals surface area contributed by atoms with Gasteiger partial charge in [0.25, 0.3) is 0 Å². The van der Waals surface area contributed by atoms with Crippen LogP contribution in [0.15, 0.2) is 18.2 Å². The SMILES string of the molecule is CP(OF)c1cccc(CO)n1. The van der Waals surface area contributed by atoms with Gasteiger partial charge in [0.05, 0.1) is 17.7 Å². The van der Waals surface area contributed by atoms with Gasteiger partial charge in [-0.3, -0.25) is 0 Å². The van der Waals surface area contributed by atoms with Gasteiger partial charge in [0.2, 0.25) is 0 Å². The molecule has 1 aromatic heterocycles. The summed E-state index contributed by atoms with van der Waals surface area (Å²) in [6.45, 7) is 1.47. The Morgan fingerprint density at radius 3 is 3.00 bits per heavy atom. The molecule has 1 unspecified atom stereocenters. The van der Waals surface area contributed by atoms with Crippen molar-refractivity contribution >= 4 is 13.6 Å². The first-order valence-electron chi connectivity index (χ1n) is 3.37. The zero-order chi connectivity index (χ0) is 8.97. The van der Waals surface area contributed by atoms with Crippen LogP contribution in [0, 0.1) is 0 Å². The van der Waals surface area contributed by atoms with Crippen LogP contribution in [0.4, 0.5) is 4.53 Å². The summed E-state index contributed by atoms with van der Waals surface area (Å²) in [5.41, 5.74) is 1.07. The van der Waals surface area contributed by atoms with Crippen molar-refractivity contribution in [1.82, 2.24) is 4.98 Å². The molecule has 0 aliphatic carbocycles. The van der Waals surface area contributed by atoms with Gasteiger partial charge in [0, 0.05) is 0 Å². The third kappa shape index (κ3) is 2.21. The molecule has 1 atom stereocenters. The van der Waals surface area contributed by atoms with Crippen LogP contribution in [0.25, 0.3) is 0 Å². The summed E-state index contributed by atoms with van der Waals surface area (Å²) in [7, 11) is -1.28. The zero-order valence-electron chi connectivity index (χ0n) is 6.57. The van der Waals surface area contributed by atoms with Crippen molar-refractivity contribution in [1.29, 1.82) is 0 Å². The van der Waals surface area contributed by atoms with Gasteiger partial charge >= 0.3 is 0 Å². The number of pyridine rings is 1. The third-order valence-corrected chi connectivity index (χ3v) is 2.48. The number of aliphatic hydroxyl groups excluding tert-OH is 1. The van der Waals surface area contributed by atoms with Crippen LogP contribution in [-0.2, 0) is 11.3 Å². The lowest BCUT2D eigenvalue weighted by atomic mass is 10.4. The molecule has 0 saturated heterocycles. The molecule has 1 N–H and O–H groups in total. The van der Waals surface area contributed by atoms with Crippen LogP contribution in [0.1, 0.15) is 5.69 Å². The second-order valence-electron chi connectivity index (χ2n) is 2.21. The Labute approximate surface area is 70.9 Å². The second kappa shape index (κ2) is 4.45. The number of rotatable bonds is 3. The molecule has 0 fully saturated rings. The molecule has 1 aromatic rings. The molecule has 5 heteroatoms. The first-order chi connectivity index (χ1) is 5.77. The quantitative estimate of drug-likeness (QED) is 0.724. The molecule has 0 aliphatic rings. The minimum atomic E-state index is -1.28. The van der Waals surface area contributed by atoms with Crippen molar-refractivity contribution in [2.45, 2.75) is 6.61 Å². The predicted molar refractivity (Wildman–Crippen MR) is 44.8 cm³/mol. The highest BCUT2D eigenvalue weighted by Gasteiger charge is 2.07. The maximum atomic E-state index is 11.7. The van der Waals surface area contributed by atoms with E-state index in [1.807, 2.05) is 0 Å². The van der Waals surface area contributed by atoms with Crippen molar-refractivity contribution in [2.75, 3.05) is 6.66 Å². The Hall–Kier alpha value is -0.570. The largest absolute Gasteiger partial charge is 0.390 e. The van der Waals surface area contributed by atoms with E-state index < -0.39 is 8.15 Å². The van der Waals surface area contributed by atoms with Gasteiger partial charge < -0.3 is 5.11 Å². The van der Waals surface area contributed by atoms with Gasteiger partial charge in [-0.2, -0.15) is 4.73 Å². The first-order valence-corrected chi connectivity index (χ1v) is 5.08. The van der Waals surface area contributed by atoms with E-state index in [1.54, 1.807) is 24.9 Å². The lowest BCUT2D eigenvalue weighted by molar-refractivity contribution is 0.0125. The molecule has 1 heterocycles. The van der Waals surface area contributed by atoms with Crippen LogP contribution in [0.3, 0.4) is 0 Å². The van der Waals surface area contributed by atoms with Gasteiger partial charge in [-0.05, 0) is 23.3 Å². The summed E-state index contributed by atoms with van der Waals surface area (Å²) < 4.78 is 15.4. The Morgan fingerprint density at radius 2 is 2.42 bits per heavy atom. The van der Waals surface area contributed by atoms with Crippen LogP contribution in [0.5, 0.6) is 0 Å². The Morgan fingerprint density at radius 1 is 1.67 bits per heavy atom.